The van der Waals surface area contributed by atoms with Gasteiger partial charge in [-0.25, -0.2) is 0 Å². The van der Waals surface area contributed by atoms with E-state index in [0.717, 1.165) is 11.8 Å². The molecule has 0 bridgehead atoms. The zero-order valence-electron chi connectivity index (χ0n) is 13.7. The van der Waals surface area contributed by atoms with Gasteiger partial charge in [-0.15, -0.1) is 0 Å². The fourth-order valence-corrected chi connectivity index (χ4v) is 3.70. The molecule has 1 aromatic rings. The second-order valence-electron chi connectivity index (χ2n) is 5.05. The molecule has 1 aliphatic rings. The Morgan fingerprint density at radius 1 is 1.31 bits per heavy atom. The van der Waals surface area contributed by atoms with Gasteiger partial charge in [0.05, 0.1) is 31.1 Å². The maximum atomic E-state index is 12.6. The molecule has 8 nitrogen and oxygen atoms in total. The molecule has 0 spiro atoms. The summed E-state index contributed by atoms with van der Waals surface area (Å²) in [6, 6.07) is 3.29. The van der Waals surface area contributed by atoms with Gasteiger partial charge >= 0.3 is 0 Å². The number of thioether (sulfide) groups is 1. The van der Waals surface area contributed by atoms with Gasteiger partial charge in [-0.3, -0.25) is 9.69 Å². The van der Waals surface area contributed by atoms with Crippen molar-refractivity contribution in [3.05, 3.63) is 28.7 Å². The summed E-state index contributed by atoms with van der Waals surface area (Å²) >= 11 is 5.89. The summed E-state index contributed by atoms with van der Waals surface area (Å²) in [6.45, 7) is 0. The molecule has 0 N–H and O–H groups in total. The van der Waals surface area contributed by atoms with Crippen molar-refractivity contribution in [2.75, 3.05) is 14.2 Å². The standard InChI is InChI=1S/C16H15NO7S2/c1-23-10-5-3-4-8(13(10)24-2)6-11-14(20)17(16(25)26-11)9(15(21)22)7-12(18)19/h3-6,9H,7H2,1-2H3,(H,18,19)(H,21,22)/p-2/b11-6+/t9-/m1/s1. The number of rotatable bonds is 7. The Bertz CT molecular complexity index is 806. The molecular formula is C16H13NO7S2-2. The molecule has 0 saturated carbocycles. The lowest BCUT2D eigenvalue weighted by molar-refractivity contribution is -0.319. The number of hydrogen-bond acceptors (Lipinski definition) is 9. The second-order valence-corrected chi connectivity index (χ2v) is 6.72. The summed E-state index contributed by atoms with van der Waals surface area (Å²) in [7, 11) is 2.90. The number of thiocarbonyl (C=S) groups is 1. The number of methoxy groups -OCH3 is 2. The Kier molecular flexibility index (Phi) is 6.22. The van der Waals surface area contributed by atoms with Crippen LogP contribution in [0.3, 0.4) is 0 Å². The molecule has 1 fully saturated rings. The van der Waals surface area contributed by atoms with E-state index in [0.29, 0.717) is 22.0 Å². The molecule has 1 aromatic carbocycles. The van der Waals surface area contributed by atoms with E-state index in [4.69, 9.17) is 21.7 Å². The van der Waals surface area contributed by atoms with Gasteiger partial charge in [-0.2, -0.15) is 0 Å². The number of ether oxygens (including phenoxy) is 2. The molecule has 138 valence electrons. The summed E-state index contributed by atoms with van der Waals surface area (Å²) < 4.78 is 10.4. The van der Waals surface area contributed by atoms with Crippen molar-refractivity contribution in [2.45, 2.75) is 12.5 Å². The number of para-hydroxylation sites is 1. The SMILES string of the molecule is COc1cccc(/C=C2/SC(=S)N([C@H](CC(=O)[O-])C(=O)[O-])C2=O)c1OC. The predicted molar refractivity (Wildman–Crippen MR) is 93.0 cm³/mol. The molecule has 1 amide bonds. The van der Waals surface area contributed by atoms with Crippen LogP contribution in [0.15, 0.2) is 23.1 Å². The molecule has 0 aliphatic carbocycles. The third-order valence-electron chi connectivity index (χ3n) is 3.49. The van der Waals surface area contributed by atoms with Crippen LogP contribution >= 0.6 is 24.0 Å². The lowest BCUT2D eigenvalue weighted by Crippen LogP contribution is -2.52. The van der Waals surface area contributed by atoms with Gasteiger partial charge in [0.25, 0.3) is 5.91 Å². The Labute approximate surface area is 158 Å². The number of hydrogen-bond donors (Lipinski definition) is 0. The van der Waals surface area contributed by atoms with Crippen molar-refractivity contribution in [1.82, 2.24) is 4.90 Å². The highest BCUT2D eigenvalue weighted by atomic mass is 32.2. The molecule has 1 atom stereocenters. The summed E-state index contributed by atoms with van der Waals surface area (Å²) in [4.78, 5) is 35.4. The number of aliphatic carboxylic acids is 2. The molecule has 10 heteroatoms. The maximum absolute atomic E-state index is 12.6. The summed E-state index contributed by atoms with van der Waals surface area (Å²) in [6.07, 6.45) is 0.538. The van der Waals surface area contributed by atoms with Gasteiger partial charge in [0.15, 0.2) is 11.5 Å². The largest absolute Gasteiger partial charge is 0.550 e. The molecular weight excluding hydrogens is 382 g/mol. The summed E-state index contributed by atoms with van der Waals surface area (Å²) in [5, 5.41) is 22.0. The topological polar surface area (TPSA) is 119 Å². The molecule has 1 heterocycles. The highest BCUT2D eigenvalue weighted by molar-refractivity contribution is 8.26. The third-order valence-corrected chi connectivity index (χ3v) is 4.82. The van der Waals surface area contributed by atoms with Crippen LogP contribution in [0, 0.1) is 0 Å². The number of carbonyl (C=O) groups is 3. The van der Waals surface area contributed by atoms with E-state index in [9.17, 15) is 24.6 Å². The Morgan fingerprint density at radius 3 is 2.54 bits per heavy atom. The van der Waals surface area contributed by atoms with E-state index in [1.54, 1.807) is 18.2 Å². The van der Waals surface area contributed by atoms with Crippen LogP contribution in [0.4, 0.5) is 0 Å². The Morgan fingerprint density at radius 2 is 2.00 bits per heavy atom. The molecule has 0 radical (unpaired) electrons. The quantitative estimate of drug-likeness (QED) is 0.430. The highest BCUT2D eigenvalue weighted by Crippen LogP contribution is 2.38. The van der Waals surface area contributed by atoms with Gasteiger partial charge in [0.1, 0.15) is 4.32 Å². The number of carbonyl (C=O) groups excluding carboxylic acids is 3. The molecule has 0 unspecified atom stereocenters. The minimum absolute atomic E-state index is 0.0847. The second kappa shape index (κ2) is 8.19. The van der Waals surface area contributed by atoms with Crippen molar-refractivity contribution in [3.8, 4) is 11.5 Å². The van der Waals surface area contributed by atoms with Crippen molar-refractivity contribution >= 4 is 52.2 Å². The molecule has 0 aromatic heterocycles. The van der Waals surface area contributed by atoms with Crippen LogP contribution < -0.4 is 19.7 Å². The Hall–Kier alpha value is -2.59. The average Bonchev–Trinajstić information content (AvgIpc) is 2.85. The number of amides is 1. The van der Waals surface area contributed by atoms with Crippen LogP contribution in [0.2, 0.25) is 0 Å². The first-order valence-corrected chi connectivity index (χ1v) is 8.41. The predicted octanol–water partition coefficient (Wildman–Crippen LogP) is -0.837. The summed E-state index contributed by atoms with van der Waals surface area (Å²) in [5.74, 6) is -3.27. The first kappa shape index (κ1) is 19.7. The van der Waals surface area contributed by atoms with E-state index in [-0.39, 0.29) is 9.23 Å². The maximum Gasteiger partial charge on any atom is 0.266 e. The van der Waals surface area contributed by atoms with Gasteiger partial charge in [-0.1, -0.05) is 36.1 Å². The van der Waals surface area contributed by atoms with Crippen molar-refractivity contribution < 1.29 is 34.1 Å². The van der Waals surface area contributed by atoms with Crippen molar-refractivity contribution in [2.24, 2.45) is 0 Å². The number of carboxylic acid groups (broad SMARTS) is 2. The van der Waals surface area contributed by atoms with E-state index >= 15 is 0 Å². The van der Waals surface area contributed by atoms with Crippen LogP contribution in [0.1, 0.15) is 12.0 Å². The summed E-state index contributed by atoms with van der Waals surface area (Å²) in [5.41, 5.74) is 0.511. The fourth-order valence-electron chi connectivity index (χ4n) is 2.35. The normalized spacial score (nSPS) is 16.7. The monoisotopic (exact) mass is 395 g/mol. The van der Waals surface area contributed by atoms with Gasteiger partial charge in [0.2, 0.25) is 0 Å². The smallest absolute Gasteiger partial charge is 0.266 e. The fraction of sp³-hybridized carbons (Fsp3) is 0.250. The minimum Gasteiger partial charge on any atom is -0.550 e. The minimum atomic E-state index is -1.74. The van der Waals surface area contributed by atoms with Crippen LogP contribution in [-0.4, -0.2) is 47.3 Å². The van der Waals surface area contributed by atoms with E-state index < -0.39 is 30.3 Å². The van der Waals surface area contributed by atoms with Gasteiger partial charge < -0.3 is 29.3 Å². The van der Waals surface area contributed by atoms with Crippen LogP contribution in [0.5, 0.6) is 11.5 Å². The lowest BCUT2D eigenvalue weighted by atomic mass is 10.1. The Balaban J connectivity index is 2.41. The van der Waals surface area contributed by atoms with Crippen molar-refractivity contribution in [3.63, 3.8) is 0 Å². The first-order valence-electron chi connectivity index (χ1n) is 7.18. The van der Waals surface area contributed by atoms with Crippen LogP contribution in [0.25, 0.3) is 6.08 Å². The number of carboxylic acids is 2. The lowest BCUT2D eigenvalue weighted by Gasteiger charge is -2.27. The van der Waals surface area contributed by atoms with Crippen molar-refractivity contribution in [1.29, 1.82) is 0 Å². The molecule has 26 heavy (non-hydrogen) atoms. The molecule has 1 aliphatic heterocycles. The molecule has 1 saturated heterocycles. The number of nitrogens with zero attached hydrogens (tertiary/aromatic N) is 1. The van der Waals surface area contributed by atoms with Crippen LogP contribution in [-0.2, 0) is 14.4 Å². The zero-order valence-corrected chi connectivity index (χ0v) is 15.3. The zero-order chi connectivity index (χ0) is 19.4. The third kappa shape index (κ3) is 3.97. The average molecular weight is 395 g/mol. The first-order chi connectivity index (χ1) is 12.3. The molecule has 2 rings (SSSR count). The highest BCUT2D eigenvalue weighted by Gasteiger charge is 2.38. The van der Waals surface area contributed by atoms with Gasteiger partial charge in [-0.05, 0) is 12.1 Å². The van der Waals surface area contributed by atoms with Gasteiger partial charge in [0, 0.05) is 18.0 Å². The van der Waals surface area contributed by atoms with E-state index in [2.05, 4.69) is 0 Å². The number of benzene rings is 1. The van der Waals surface area contributed by atoms with E-state index in [1.807, 2.05) is 0 Å². The van der Waals surface area contributed by atoms with E-state index in [1.165, 1.54) is 20.3 Å².